The topological polar surface area (TPSA) is 64.1 Å². The van der Waals surface area contributed by atoms with E-state index in [1.807, 2.05) is 70.2 Å². The van der Waals surface area contributed by atoms with E-state index in [2.05, 4.69) is 15.5 Å². The average Bonchev–Trinajstić information content (AvgIpc) is 3.11. The van der Waals surface area contributed by atoms with Gasteiger partial charge in [0.1, 0.15) is 10.8 Å². The second kappa shape index (κ2) is 8.31. The molecule has 2 aromatic carbocycles. The molecule has 1 atom stereocenters. The zero-order valence-electron chi connectivity index (χ0n) is 15.9. The van der Waals surface area contributed by atoms with Gasteiger partial charge in [-0.25, -0.2) is 0 Å². The Bertz CT molecular complexity index is 935. The summed E-state index contributed by atoms with van der Waals surface area (Å²) in [4.78, 5) is 12.6. The molecule has 1 N–H and O–H groups in total. The Labute approximate surface area is 163 Å². The van der Waals surface area contributed by atoms with E-state index in [-0.39, 0.29) is 5.91 Å². The van der Waals surface area contributed by atoms with Crippen LogP contribution in [0, 0.1) is 20.8 Å². The van der Waals surface area contributed by atoms with E-state index in [1.165, 1.54) is 22.5 Å². The van der Waals surface area contributed by atoms with Crippen molar-refractivity contribution in [2.75, 3.05) is 5.32 Å². The summed E-state index contributed by atoms with van der Waals surface area (Å²) < 4.78 is 5.88. The Hall–Kier alpha value is -2.73. The molecule has 3 rings (SSSR count). The van der Waals surface area contributed by atoms with Crippen molar-refractivity contribution in [3.05, 3.63) is 59.2 Å². The Balaban J connectivity index is 1.67. The normalized spacial score (nSPS) is 11.9. The smallest absolute Gasteiger partial charge is 0.267 e. The van der Waals surface area contributed by atoms with Crippen LogP contribution < -0.4 is 10.1 Å². The number of nitrogens with zero attached hydrogens (tertiary/aromatic N) is 2. The highest BCUT2D eigenvalue weighted by molar-refractivity contribution is 7.18. The van der Waals surface area contributed by atoms with Crippen LogP contribution in [0.15, 0.2) is 42.5 Å². The summed E-state index contributed by atoms with van der Waals surface area (Å²) >= 11 is 1.35. The van der Waals surface area contributed by atoms with E-state index < -0.39 is 6.10 Å². The highest BCUT2D eigenvalue weighted by atomic mass is 32.1. The number of rotatable bonds is 6. The molecule has 1 heterocycles. The predicted octanol–water partition coefficient (Wildman–Crippen LogP) is 4.93. The van der Waals surface area contributed by atoms with Gasteiger partial charge in [-0.15, -0.1) is 10.2 Å². The Morgan fingerprint density at radius 1 is 1.07 bits per heavy atom. The summed E-state index contributed by atoms with van der Waals surface area (Å²) in [5.41, 5.74) is 4.50. The van der Waals surface area contributed by atoms with Crippen molar-refractivity contribution < 1.29 is 9.53 Å². The third kappa shape index (κ3) is 4.71. The lowest BCUT2D eigenvalue weighted by Crippen LogP contribution is -2.32. The molecule has 1 aromatic heterocycles. The Morgan fingerprint density at radius 3 is 2.48 bits per heavy atom. The lowest BCUT2D eigenvalue weighted by atomic mass is 10.1. The first-order valence-electron chi connectivity index (χ1n) is 8.91. The SMILES string of the molecule is CC[C@@H](Oc1ccc(C)c(C)c1)C(=O)Nc1nnc(-c2ccc(C)cc2)s1. The van der Waals surface area contributed by atoms with Crippen molar-refractivity contribution in [2.24, 2.45) is 0 Å². The number of anilines is 1. The van der Waals surface area contributed by atoms with Gasteiger partial charge in [0.25, 0.3) is 5.91 Å². The number of nitrogens with one attached hydrogen (secondary N) is 1. The van der Waals surface area contributed by atoms with Crippen LogP contribution in [-0.4, -0.2) is 22.2 Å². The molecule has 0 unspecified atom stereocenters. The van der Waals surface area contributed by atoms with Crippen LogP contribution in [0.5, 0.6) is 5.75 Å². The number of hydrogen-bond acceptors (Lipinski definition) is 5. The fraction of sp³-hybridized carbons (Fsp3) is 0.286. The molecule has 0 fully saturated rings. The summed E-state index contributed by atoms with van der Waals surface area (Å²) in [6, 6.07) is 13.9. The molecule has 0 saturated heterocycles. The highest BCUT2D eigenvalue weighted by Gasteiger charge is 2.20. The molecule has 0 bridgehead atoms. The molecular formula is C21H23N3O2S. The van der Waals surface area contributed by atoms with Gasteiger partial charge < -0.3 is 4.74 Å². The predicted molar refractivity (Wildman–Crippen MR) is 109 cm³/mol. The van der Waals surface area contributed by atoms with Gasteiger partial charge in [-0.05, 0) is 50.5 Å². The van der Waals surface area contributed by atoms with Crippen molar-refractivity contribution in [3.8, 4) is 16.3 Å². The Morgan fingerprint density at radius 2 is 1.81 bits per heavy atom. The maximum absolute atomic E-state index is 12.6. The van der Waals surface area contributed by atoms with Gasteiger partial charge in [0, 0.05) is 5.56 Å². The summed E-state index contributed by atoms with van der Waals surface area (Å²) in [5.74, 6) is 0.472. The second-order valence-electron chi connectivity index (χ2n) is 6.53. The maximum Gasteiger partial charge on any atom is 0.267 e. The molecule has 27 heavy (non-hydrogen) atoms. The molecular weight excluding hydrogens is 358 g/mol. The van der Waals surface area contributed by atoms with Crippen molar-refractivity contribution in [2.45, 2.75) is 40.2 Å². The molecule has 0 aliphatic rings. The number of hydrogen-bond donors (Lipinski definition) is 1. The zero-order valence-corrected chi connectivity index (χ0v) is 16.8. The van der Waals surface area contributed by atoms with Gasteiger partial charge in [0.05, 0.1) is 0 Å². The van der Waals surface area contributed by atoms with Gasteiger partial charge in [-0.1, -0.05) is 54.2 Å². The van der Waals surface area contributed by atoms with Crippen LogP contribution in [0.25, 0.3) is 10.6 Å². The summed E-state index contributed by atoms with van der Waals surface area (Å²) in [6.07, 6.45) is -0.0265. The number of carbonyl (C=O) groups is 1. The van der Waals surface area contributed by atoms with Gasteiger partial charge in [-0.3, -0.25) is 10.1 Å². The highest BCUT2D eigenvalue weighted by Crippen LogP contribution is 2.27. The van der Waals surface area contributed by atoms with E-state index in [4.69, 9.17) is 4.74 Å². The largest absolute Gasteiger partial charge is 0.481 e. The average molecular weight is 382 g/mol. The number of carbonyl (C=O) groups excluding carboxylic acids is 1. The Kier molecular flexibility index (Phi) is 5.86. The first-order valence-corrected chi connectivity index (χ1v) is 9.73. The lowest BCUT2D eigenvalue weighted by Gasteiger charge is -2.17. The van der Waals surface area contributed by atoms with Crippen molar-refractivity contribution in [1.82, 2.24) is 10.2 Å². The monoisotopic (exact) mass is 381 g/mol. The third-order valence-electron chi connectivity index (χ3n) is 4.37. The van der Waals surface area contributed by atoms with E-state index in [0.717, 1.165) is 16.1 Å². The number of amides is 1. The lowest BCUT2D eigenvalue weighted by molar-refractivity contribution is -0.122. The second-order valence-corrected chi connectivity index (χ2v) is 7.51. The molecule has 0 spiro atoms. The molecule has 0 aliphatic carbocycles. The molecule has 0 saturated carbocycles. The molecule has 1 amide bonds. The first-order chi connectivity index (χ1) is 13.0. The molecule has 0 radical (unpaired) electrons. The number of ether oxygens (including phenoxy) is 1. The summed E-state index contributed by atoms with van der Waals surface area (Å²) in [5, 5.41) is 12.3. The summed E-state index contributed by atoms with van der Waals surface area (Å²) in [7, 11) is 0. The maximum atomic E-state index is 12.6. The number of aromatic nitrogens is 2. The fourth-order valence-electron chi connectivity index (χ4n) is 2.55. The quantitative estimate of drug-likeness (QED) is 0.658. The minimum Gasteiger partial charge on any atom is -0.481 e. The van der Waals surface area contributed by atoms with Crippen molar-refractivity contribution in [1.29, 1.82) is 0 Å². The van der Waals surface area contributed by atoms with E-state index in [1.54, 1.807) is 0 Å². The zero-order chi connectivity index (χ0) is 19.4. The number of benzene rings is 2. The minimum absolute atomic E-state index is 0.220. The van der Waals surface area contributed by atoms with Gasteiger partial charge in [0.15, 0.2) is 6.10 Å². The van der Waals surface area contributed by atoms with E-state index in [9.17, 15) is 4.79 Å². The van der Waals surface area contributed by atoms with E-state index >= 15 is 0 Å². The third-order valence-corrected chi connectivity index (χ3v) is 5.26. The number of aryl methyl sites for hydroxylation is 3. The molecule has 140 valence electrons. The molecule has 6 heteroatoms. The van der Waals surface area contributed by atoms with Crippen molar-refractivity contribution in [3.63, 3.8) is 0 Å². The van der Waals surface area contributed by atoms with Crippen LogP contribution >= 0.6 is 11.3 Å². The molecule has 5 nitrogen and oxygen atoms in total. The van der Waals surface area contributed by atoms with Crippen LogP contribution in [0.2, 0.25) is 0 Å². The van der Waals surface area contributed by atoms with Crippen LogP contribution in [-0.2, 0) is 4.79 Å². The van der Waals surface area contributed by atoms with Crippen LogP contribution in [0.3, 0.4) is 0 Å². The van der Waals surface area contributed by atoms with Gasteiger partial charge in [-0.2, -0.15) is 0 Å². The minimum atomic E-state index is -0.584. The van der Waals surface area contributed by atoms with Gasteiger partial charge in [0.2, 0.25) is 5.13 Å². The molecule has 3 aromatic rings. The summed E-state index contributed by atoms with van der Waals surface area (Å²) in [6.45, 7) is 8.03. The first kappa shape index (κ1) is 19.0. The van der Waals surface area contributed by atoms with Crippen LogP contribution in [0.1, 0.15) is 30.0 Å². The van der Waals surface area contributed by atoms with Crippen molar-refractivity contribution >= 4 is 22.4 Å². The fourth-order valence-corrected chi connectivity index (χ4v) is 3.30. The van der Waals surface area contributed by atoms with Gasteiger partial charge >= 0.3 is 0 Å². The molecule has 0 aliphatic heterocycles. The van der Waals surface area contributed by atoms with E-state index in [0.29, 0.717) is 17.3 Å². The van der Waals surface area contributed by atoms with Crippen LogP contribution in [0.4, 0.5) is 5.13 Å². The standard InChI is InChI=1S/C21H23N3O2S/c1-5-18(26-17-11-8-14(3)15(4)12-17)19(25)22-21-24-23-20(27-21)16-9-6-13(2)7-10-16/h6-12,18H,5H2,1-4H3,(H,22,24,25)/t18-/m1/s1.